The third-order valence-electron chi connectivity index (χ3n) is 6.17. The first-order chi connectivity index (χ1) is 14.6. The van der Waals surface area contributed by atoms with Crippen LogP contribution in [0, 0.1) is 11.3 Å². The van der Waals surface area contributed by atoms with Crippen molar-refractivity contribution in [3.05, 3.63) is 60.4 Å². The average molecular weight is 409 g/mol. The predicted molar refractivity (Wildman–Crippen MR) is 111 cm³/mol. The lowest BCUT2D eigenvalue weighted by Crippen LogP contribution is -2.41. The minimum atomic E-state index is -0.435. The fourth-order valence-electron chi connectivity index (χ4n) is 4.48. The van der Waals surface area contributed by atoms with Gasteiger partial charge in [-0.1, -0.05) is 24.3 Å². The molecule has 2 aliphatic rings. The van der Waals surface area contributed by atoms with Gasteiger partial charge in [0.25, 0.3) is 0 Å². The fourth-order valence-corrected chi connectivity index (χ4v) is 4.48. The van der Waals surface area contributed by atoms with Crippen LogP contribution in [0.3, 0.4) is 0 Å². The van der Waals surface area contributed by atoms with Crippen molar-refractivity contribution < 1.29 is 19.4 Å². The van der Waals surface area contributed by atoms with Crippen LogP contribution in [-0.4, -0.2) is 71.1 Å². The topological polar surface area (TPSA) is 83.0 Å². The maximum atomic E-state index is 12.7. The second-order valence-corrected chi connectivity index (χ2v) is 8.18. The predicted octanol–water partition coefficient (Wildman–Crippen LogP) is 1.37. The molecule has 2 atom stereocenters. The van der Waals surface area contributed by atoms with Gasteiger partial charge in [0, 0.05) is 49.4 Å². The van der Waals surface area contributed by atoms with Gasteiger partial charge in [0.15, 0.2) is 0 Å². The van der Waals surface area contributed by atoms with Crippen molar-refractivity contribution in [1.82, 2.24) is 14.8 Å². The highest BCUT2D eigenvalue weighted by Crippen LogP contribution is 2.42. The van der Waals surface area contributed by atoms with Crippen LogP contribution in [0.15, 0.2) is 54.7 Å². The first-order valence-electron chi connectivity index (χ1n) is 10.3. The molecule has 7 nitrogen and oxygen atoms in total. The Morgan fingerprint density at radius 3 is 2.37 bits per heavy atom. The molecule has 2 amide bonds. The Morgan fingerprint density at radius 1 is 1.03 bits per heavy atom. The number of hydrogen-bond acceptors (Lipinski definition) is 5. The molecule has 3 heterocycles. The van der Waals surface area contributed by atoms with Gasteiger partial charge in [-0.2, -0.15) is 0 Å². The van der Waals surface area contributed by atoms with E-state index in [0.29, 0.717) is 39.2 Å². The van der Waals surface area contributed by atoms with Crippen LogP contribution in [0.2, 0.25) is 0 Å². The minimum Gasteiger partial charge on any atom is -0.493 e. The van der Waals surface area contributed by atoms with Crippen LogP contribution >= 0.6 is 0 Å². The highest BCUT2D eigenvalue weighted by atomic mass is 16.5. The van der Waals surface area contributed by atoms with E-state index in [0.717, 1.165) is 11.4 Å². The van der Waals surface area contributed by atoms with Crippen LogP contribution in [0.25, 0.3) is 0 Å². The molecule has 0 unspecified atom stereocenters. The molecule has 0 aliphatic carbocycles. The summed E-state index contributed by atoms with van der Waals surface area (Å²) >= 11 is 0. The zero-order valence-electron chi connectivity index (χ0n) is 16.9. The standard InChI is InChI=1S/C23H27N3O4/c27-17-23-15-25(21(28)9-11-30-20-7-2-1-3-8-20)13-18(23)14-26(16-23)22(29)12-19-6-4-5-10-24-19/h1-8,10,18,27H,9,11-17H2/t18-,23+/m1/s1. The molecule has 7 heteroatoms. The Bertz CT molecular complexity index is 877. The van der Waals surface area contributed by atoms with E-state index in [4.69, 9.17) is 4.74 Å². The summed E-state index contributed by atoms with van der Waals surface area (Å²) in [7, 11) is 0. The van der Waals surface area contributed by atoms with E-state index in [2.05, 4.69) is 4.98 Å². The monoisotopic (exact) mass is 409 g/mol. The first kappa shape index (κ1) is 20.3. The number of rotatable bonds is 7. The summed E-state index contributed by atoms with van der Waals surface area (Å²) in [5.74, 6) is 0.885. The summed E-state index contributed by atoms with van der Waals surface area (Å²) in [6.07, 6.45) is 2.24. The Labute approximate surface area is 176 Å². The molecule has 0 radical (unpaired) electrons. The smallest absolute Gasteiger partial charge is 0.228 e. The van der Waals surface area contributed by atoms with Crippen molar-refractivity contribution in [2.45, 2.75) is 12.8 Å². The summed E-state index contributed by atoms with van der Waals surface area (Å²) in [6, 6.07) is 15.0. The van der Waals surface area contributed by atoms with Crippen LogP contribution in [0.1, 0.15) is 12.1 Å². The molecule has 158 valence electrons. The number of para-hydroxylation sites is 1. The maximum Gasteiger partial charge on any atom is 0.228 e. The van der Waals surface area contributed by atoms with Crippen LogP contribution in [0.5, 0.6) is 5.75 Å². The molecular weight excluding hydrogens is 382 g/mol. The average Bonchev–Trinajstić information content (AvgIpc) is 3.30. The van der Waals surface area contributed by atoms with Crippen LogP contribution in [-0.2, 0) is 16.0 Å². The number of aliphatic hydroxyl groups is 1. The minimum absolute atomic E-state index is 0.0186. The summed E-state index contributed by atoms with van der Waals surface area (Å²) in [5, 5.41) is 10.1. The molecule has 1 aromatic heterocycles. The lowest BCUT2D eigenvalue weighted by Gasteiger charge is -2.27. The molecule has 0 spiro atoms. The number of ether oxygens (including phenoxy) is 1. The summed E-state index contributed by atoms with van der Waals surface area (Å²) in [6.45, 7) is 2.38. The van der Waals surface area contributed by atoms with Crippen molar-refractivity contribution in [3.8, 4) is 5.75 Å². The zero-order valence-corrected chi connectivity index (χ0v) is 16.9. The number of amides is 2. The van der Waals surface area contributed by atoms with Crippen molar-refractivity contribution in [3.63, 3.8) is 0 Å². The first-order valence-corrected chi connectivity index (χ1v) is 10.3. The third-order valence-corrected chi connectivity index (χ3v) is 6.17. The van der Waals surface area contributed by atoms with E-state index in [1.54, 1.807) is 6.20 Å². The van der Waals surface area contributed by atoms with Crippen molar-refractivity contribution in [2.75, 3.05) is 39.4 Å². The van der Waals surface area contributed by atoms with Gasteiger partial charge in [-0.25, -0.2) is 0 Å². The zero-order chi connectivity index (χ0) is 21.0. The Hall–Kier alpha value is -2.93. The van der Waals surface area contributed by atoms with Gasteiger partial charge in [0.2, 0.25) is 11.8 Å². The number of benzene rings is 1. The highest BCUT2D eigenvalue weighted by Gasteiger charge is 2.53. The number of fused-ring (bicyclic) bond motifs is 1. The number of pyridine rings is 1. The molecule has 0 saturated carbocycles. The number of hydrogen-bond donors (Lipinski definition) is 1. The maximum absolute atomic E-state index is 12.7. The molecule has 4 rings (SSSR count). The van der Waals surface area contributed by atoms with E-state index in [1.165, 1.54) is 0 Å². The van der Waals surface area contributed by atoms with E-state index in [9.17, 15) is 14.7 Å². The van der Waals surface area contributed by atoms with Crippen LogP contribution in [0.4, 0.5) is 0 Å². The molecule has 30 heavy (non-hydrogen) atoms. The molecular formula is C23H27N3O4. The van der Waals surface area contributed by atoms with E-state index in [-0.39, 0.29) is 30.8 Å². The normalized spacial score (nSPS) is 22.8. The second kappa shape index (κ2) is 8.83. The number of likely N-dealkylation sites (tertiary alicyclic amines) is 2. The van der Waals surface area contributed by atoms with E-state index < -0.39 is 5.41 Å². The van der Waals surface area contributed by atoms with Gasteiger partial charge in [-0.3, -0.25) is 14.6 Å². The van der Waals surface area contributed by atoms with E-state index >= 15 is 0 Å². The molecule has 2 fully saturated rings. The second-order valence-electron chi connectivity index (χ2n) is 8.18. The van der Waals surface area contributed by atoms with Gasteiger partial charge < -0.3 is 19.6 Å². The van der Waals surface area contributed by atoms with Gasteiger partial charge >= 0.3 is 0 Å². The van der Waals surface area contributed by atoms with Crippen molar-refractivity contribution in [1.29, 1.82) is 0 Å². The largest absolute Gasteiger partial charge is 0.493 e. The number of aromatic nitrogens is 1. The molecule has 0 bridgehead atoms. The number of carbonyl (C=O) groups is 2. The Kier molecular flexibility index (Phi) is 5.99. The highest BCUT2D eigenvalue weighted by molar-refractivity contribution is 5.79. The van der Waals surface area contributed by atoms with Crippen molar-refractivity contribution >= 4 is 11.8 Å². The number of aliphatic hydroxyl groups excluding tert-OH is 1. The SMILES string of the molecule is O=C(CCOc1ccccc1)N1C[C@@H]2CN(C(=O)Cc3ccccn3)C[C@]2(CO)C1. The molecule has 2 aliphatic heterocycles. The Balaban J connectivity index is 1.30. The lowest BCUT2D eigenvalue weighted by atomic mass is 9.82. The number of carbonyl (C=O) groups excluding carboxylic acids is 2. The summed E-state index contributed by atoms with van der Waals surface area (Å²) in [4.78, 5) is 33.2. The van der Waals surface area contributed by atoms with Gasteiger partial charge in [0.05, 0.1) is 26.1 Å². The van der Waals surface area contributed by atoms with Gasteiger partial charge in [-0.15, -0.1) is 0 Å². The quantitative estimate of drug-likeness (QED) is 0.747. The molecule has 1 aromatic carbocycles. The third kappa shape index (κ3) is 4.31. The Morgan fingerprint density at radius 2 is 1.73 bits per heavy atom. The molecule has 2 saturated heterocycles. The lowest BCUT2D eigenvalue weighted by molar-refractivity contribution is -0.132. The van der Waals surface area contributed by atoms with Gasteiger partial charge in [-0.05, 0) is 24.3 Å². The number of nitrogens with zero attached hydrogens (tertiary/aromatic N) is 3. The molecule has 2 aromatic rings. The summed E-state index contributed by atoms with van der Waals surface area (Å²) < 4.78 is 5.63. The van der Waals surface area contributed by atoms with Crippen LogP contribution < -0.4 is 4.74 Å². The summed E-state index contributed by atoms with van der Waals surface area (Å²) in [5.41, 5.74) is 0.309. The van der Waals surface area contributed by atoms with E-state index in [1.807, 2.05) is 58.3 Å². The fraction of sp³-hybridized carbons (Fsp3) is 0.435. The van der Waals surface area contributed by atoms with Crippen molar-refractivity contribution in [2.24, 2.45) is 11.3 Å². The van der Waals surface area contributed by atoms with Gasteiger partial charge in [0.1, 0.15) is 5.75 Å². The molecule has 1 N–H and O–H groups in total.